The standard InChI is InChI=1S/C12H21N4OS/c17-12(15-16-5-2-1-3-6-16)11-9-8-18-7-4-10(9)13-14-11/h4,7,9-11,13-14,18H,1-3,5-6,8H2,(H,15,17). The topological polar surface area (TPSA) is 56.4 Å². The van der Waals surface area contributed by atoms with Crippen molar-refractivity contribution >= 4 is 17.7 Å². The van der Waals surface area contributed by atoms with E-state index < -0.39 is 0 Å². The fourth-order valence-corrected chi connectivity index (χ4v) is 3.95. The van der Waals surface area contributed by atoms with Crippen LogP contribution in [0.15, 0.2) is 11.5 Å². The highest BCUT2D eigenvalue weighted by Crippen LogP contribution is 2.27. The third kappa shape index (κ3) is 2.56. The van der Waals surface area contributed by atoms with Gasteiger partial charge in [-0.05, 0) is 24.0 Å². The fourth-order valence-electron chi connectivity index (χ4n) is 2.84. The van der Waals surface area contributed by atoms with E-state index in [4.69, 9.17) is 0 Å². The van der Waals surface area contributed by atoms with E-state index in [-0.39, 0.29) is 11.9 Å². The first-order valence-corrected chi connectivity index (χ1v) is 7.89. The molecule has 3 heterocycles. The zero-order chi connectivity index (χ0) is 12.4. The Bertz CT molecular complexity index is 343. The van der Waals surface area contributed by atoms with Crippen LogP contribution < -0.4 is 16.3 Å². The average molecular weight is 269 g/mol. The first-order valence-electron chi connectivity index (χ1n) is 6.74. The van der Waals surface area contributed by atoms with Crippen LogP contribution in [-0.4, -0.2) is 41.8 Å². The fraction of sp³-hybridized carbons (Fsp3) is 0.750. The number of carbonyl (C=O) groups is 1. The molecule has 0 spiro atoms. The van der Waals surface area contributed by atoms with E-state index in [1.54, 1.807) is 0 Å². The Morgan fingerprint density at radius 2 is 2.11 bits per heavy atom. The number of amides is 1. The minimum Gasteiger partial charge on any atom is -0.287 e. The Balaban J connectivity index is 1.57. The number of hydrogen-bond donors (Lipinski definition) is 4. The molecule has 101 valence electrons. The molecular formula is C12H21N4OS. The summed E-state index contributed by atoms with van der Waals surface area (Å²) in [4.78, 5) is 12.3. The smallest absolute Gasteiger partial charge is 0.253 e. The van der Waals surface area contributed by atoms with Gasteiger partial charge in [0.2, 0.25) is 0 Å². The zero-order valence-electron chi connectivity index (χ0n) is 10.4. The van der Waals surface area contributed by atoms with Crippen molar-refractivity contribution in [2.75, 3.05) is 18.8 Å². The Hall–Kier alpha value is -0.560. The van der Waals surface area contributed by atoms with Crippen molar-refractivity contribution in [1.82, 2.24) is 21.3 Å². The quantitative estimate of drug-likeness (QED) is 0.531. The molecule has 0 aromatic heterocycles. The van der Waals surface area contributed by atoms with Crippen molar-refractivity contribution in [2.24, 2.45) is 5.92 Å². The minimum absolute atomic E-state index is 0.102. The Morgan fingerprint density at radius 3 is 2.94 bits per heavy atom. The lowest BCUT2D eigenvalue weighted by molar-refractivity contribution is -0.129. The van der Waals surface area contributed by atoms with Crippen molar-refractivity contribution in [1.29, 1.82) is 0 Å². The molecule has 0 saturated carbocycles. The maximum Gasteiger partial charge on any atom is 0.253 e. The van der Waals surface area contributed by atoms with E-state index in [0.717, 1.165) is 18.8 Å². The van der Waals surface area contributed by atoms with Gasteiger partial charge in [-0.2, -0.15) is 0 Å². The third-order valence-corrected chi connectivity index (χ3v) is 4.93. The second-order valence-electron chi connectivity index (χ2n) is 5.19. The first-order chi connectivity index (χ1) is 8.84. The molecule has 0 bridgehead atoms. The van der Waals surface area contributed by atoms with Crippen LogP contribution in [0.2, 0.25) is 0 Å². The lowest BCUT2D eigenvalue weighted by Gasteiger charge is -2.29. The van der Waals surface area contributed by atoms with Gasteiger partial charge in [-0.3, -0.25) is 10.2 Å². The van der Waals surface area contributed by atoms with Crippen molar-refractivity contribution in [3.05, 3.63) is 11.5 Å². The van der Waals surface area contributed by atoms with Gasteiger partial charge in [0.15, 0.2) is 0 Å². The normalized spacial score (nSPS) is 36.3. The van der Waals surface area contributed by atoms with Crippen LogP contribution in [0.25, 0.3) is 0 Å². The monoisotopic (exact) mass is 269 g/mol. The summed E-state index contributed by atoms with van der Waals surface area (Å²) in [6.07, 6.45) is 5.81. The molecule has 0 aromatic rings. The summed E-state index contributed by atoms with van der Waals surface area (Å²) in [6, 6.07) is 0.206. The van der Waals surface area contributed by atoms with Crippen molar-refractivity contribution in [3.63, 3.8) is 0 Å². The van der Waals surface area contributed by atoms with Crippen LogP contribution in [0.4, 0.5) is 0 Å². The van der Waals surface area contributed by atoms with Crippen LogP contribution in [0, 0.1) is 5.92 Å². The Labute approximate surface area is 112 Å². The van der Waals surface area contributed by atoms with Gasteiger partial charge < -0.3 is 0 Å². The van der Waals surface area contributed by atoms with Crippen LogP contribution in [0.1, 0.15) is 19.3 Å². The van der Waals surface area contributed by atoms with Crippen LogP contribution >= 0.6 is 11.8 Å². The van der Waals surface area contributed by atoms with E-state index in [1.807, 2.05) is 0 Å². The third-order valence-electron chi connectivity index (χ3n) is 3.92. The van der Waals surface area contributed by atoms with Crippen LogP contribution in [0.3, 0.4) is 0 Å². The number of nitrogens with zero attached hydrogens (tertiary/aromatic N) is 1. The molecule has 0 aromatic carbocycles. The lowest BCUT2D eigenvalue weighted by Crippen LogP contribution is -2.53. The highest BCUT2D eigenvalue weighted by Gasteiger charge is 2.40. The molecule has 5 nitrogen and oxygen atoms in total. The van der Waals surface area contributed by atoms with Crippen molar-refractivity contribution in [3.8, 4) is 0 Å². The van der Waals surface area contributed by atoms with Crippen molar-refractivity contribution in [2.45, 2.75) is 31.3 Å². The highest BCUT2D eigenvalue weighted by atomic mass is 32.2. The predicted molar refractivity (Wildman–Crippen MR) is 73.9 cm³/mol. The van der Waals surface area contributed by atoms with E-state index >= 15 is 0 Å². The summed E-state index contributed by atoms with van der Waals surface area (Å²) < 4.78 is 0. The molecule has 3 N–H and O–H groups in total. The van der Waals surface area contributed by atoms with E-state index in [1.165, 1.54) is 31.0 Å². The van der Waals surface area contributed by atoms with Crippen LogP contribution in [-0.2, 0) is 4.79 Å². The maximum atomic E-state index is 12.3. The maximum absolute atomic E-state index is 12.3. The molecule has 1 radical (unpaired) electrons. The van der Waals surface area contributed by atoms with E-state index in [2.05, 4.69) is 32.8 Å². The molecule has 0 aliphatic carbocycles. The van der Waals surface area contributed by atoms with E-state index in [0.29, 0.717) is 12.0 Å². The number of carbonyl (C=O) groups excluding carboxylic acids is 1. The summed E-state index contributed by atoms with van der Waals surface area (Å²) in [6.45, 7) is 1.97. The van der Waals surface area contributed by atoms with Gasteiger partial charge in [-0.15, -0.1) is 0 Å². The number of piperidine rings is 1. The Kier molecular flexibility index (Phi) is 3.88. The molecule has 3 aliphatic rings. The summed E-state index contributed by atoms with van der Waals surface area (Å²) in [7, 11) is 0. The predicted octanol–water partition coefficient (Wildman–Crippen LogP) is -0.0425. The minimum atomic E-state index is -0.102. The molecule has 6 heteroatoms. The zero-order valence-corrected chi connectivity index (χ0v) is 11.3. The molecular weight excluding hydrogens is 248 g/mol. The summed E-state index contributed by atoms with van der Waals surface area (Å²) in [5, 5.41) is 4.23. The first kappa shape index (κ1) is 12.5. The van der Waals surface area contributed by atoms with Gasteiger partial charge in [-0.25, -0.2) is 27.6 Å². The molecule has 18 heavy (non-hydrogen) atoms. The average Bonchev–Trinajstić information content (AvgIpc) is 2.84. The van der Waals surface area contributed by atoms with Gasteiger partial charge >= 0.3 is 0 Å². The summed E-state index contributed by atoms with van der Waals surface area (Å²) in [5.41, 5.74) is 9.41. The van der Waals surface area contributed by atoms with Crippen LogP contribution in [0.5, 0.6) is 0 Å². The highest BCUT2D eigenvalue weighted by molar-refractivity contribution is 8.02. The van der Waals surface area contributed by atoms with Gasteiger partial charge in [0, 0.05) is 25.0 Å². The number of thiol groups is 1. The second-order valence-corrected chi connectivity index (χ2v) is 6.21. The summed E-state index contributed by atoms with van der Waals surface area (Å²) in [5.74, 6) is 1.54. The largest absolute Gasteiger partial charge is 0.287 e. The number of hydrogen-bond acceptors (Lipinski definition) is 4. The molecule has 3 atom stereocenters. The number of nitrogens with one attached hydrogen (secondary N) is 3. The molecule has 1 amide bonds. The van der Waals surface area contributed by atoms with Gasteiger partial charge in [0.05, 0.1) is 0 Å². The molecule has 3 unspecified atom stereocenters. The van der Waals surface area contributed by atoms with Gasteiger partial charge in [0.1, 0.15) is 6.04 Å². The Morgan fingerprint density at radius 1 is 1.28 bits per heavy atom. The summed E-state index contributed by atoms with van der Waals surface area (Å²) >= 11 is 1.32. The lowest BCUT2D eigenvalue weighted by atomic mass is 9.96. The second kappa shape index (κ2) is 5.61. The molecule has 3 rings (SSSR count). The SMILES string of the molecule is O=C(NN1CCCCC1)C1NNC2C=C[SH]CC21. The van der Waals surface area contributed by atoms with Gasteiger partial charge in [0.25, 0.3) is 5.91 Å². The number of hydrazine groups is 2. The molecule has 2 saturated heterocycles. The number of rotatable bonds is 2. The molecule has 3 aliphatic heterocycles. The molecule has 2 fully saturated rings. The van der Waals surface area contributed by atoms with Gasteiger partial charge in [-0.1, -0.05) is 12.5 Å². The van der Waals surface area contributed by atoms with E-state index in [9.17, 15) is 4.79 Å². The van der Waals surface area contributed by atoms with Crippen molar-refractivity contribution < 1.29 is 4.79 Å². The number of fused-ring (bicyclic) bond motifs is 1.